The molecule has 0 radical (unpaired) electrons. The molecule has 0 spiro atoms. The maximum Gasteiger partial charge on any atom is 0.156 e. The van der Waals surface area contributed by atoms with E-state index in [1.54, 1.807) is 12.1 Å². The first-order chi connectivity index (χ1) is 13.5. The number of likely N-dealkylation sites (tertiary alicyclic amines) is 1. The fourth-order valence-corrected chi connectivity index (χ4v) is 3.85. The molecular formula is C22H23N5O. The Hall–Kier alpha value is -3.17. The van der Waals surface area contributed by atoms with Crippen molar-refractivity contribution < 1.29 is 5.11 Å². The van der Waals surface area contributed by atoms with Crippen LogP contribution in [0.3, 0.4) is 0 Å². The Kier molecular flexibility index (Phi) is 4.84. The summed E-state index contributed by atoms with van der Waals surface area (Å²) in [7, 11) is 2.14. The van der Waals surface area contributed by atoms with Crippen molar-refractivity contribution in [2.24, 2.45) is 0 Å². The summed E-state index contributed by atoms with van der Waals surface area (Å²) in [6.07, 6.45) is 2.27. The fraction of sp³-hybridized carbons (Fsp3) is 0.318. The first-order valence-corrected chi connectivity index (χ1v) is 9.51. The molecule has 0 unspecified atom stereocenters. The van der Waals surface area contributed by atoms with Crippen LogP contribution in [0.1, 0.15) is 24.0 Å². The van der Waals surface area contributed by atoms with Crippen LogP contribution >= 0.6 is 0 Å². The van der Waals surface area contributed by atoms with Gasteiger partial charge in [-0.1, -0.05) is 17.7 Å². The predicted octanol–water partition coefficient (Wildman–Crippen LogP) is 3.69. The van der Waals surface area contributed by atoms with Crippen molar-refractivity contribution >= 4 is 16.6 Å². The number of likely N-dealkylation sites (N-methyl/N-ethyl adjacent to an activating group) is 1. The zero-order valence-electron chi connectivity index (χ0n) is 16.1. The summed E-state index contributed by atoms with van der Waals surface area (Å²) in [5, 5.41) is 33.8. The lowest BCUT2D eigenvalue weighted by molar-refractivity contribution is 0.261. The third-order valence-corrected chi connectivity index (χ3v) is 5.28. The summed E-state index contributed by atoms with van der Waals surface area (Å²) >= 11 is 0. The number of rotatable bonds is 3. The lowest BCUT2D eigenvalue weighted by Gasteiger charge is -2.30. The minimum Gasteiger partial charge on any atom is -0.507 e. The van der Waals surface area contributed by atoms with E-state index in [-0.39, 0.29) is 5.75 Å². The number of benzene rings is 2. The Bertz CT molecular complexity index is 1070. The number of hydrogen-bond donors (Lipinski definition) is 2. The standard InChI is InChI=1S/C22H23N5O/c1-14-5-7-17-19(10-14)22(24-16-4-3-9-27(2)13-16)26-25-21(17)18-8-6-15(12-23)11-20(18)28/h5-8,10-11,16,28H,3-4,9,13H2,1-2H3,(H,24,26)/t16-/m1/s1. The lowest BCUT2D eigenvalue weighted by atomic mass is 10.0. The molecule has 6 heteroatoms. The number of phenolic OH excluding ortho intramolecular Hbond substituents is 1. The van der Waals surface area contributed by atoms with Gasteiger partial charge < -0.3 is 15.3 Å². The summed E-state index contributed by atoms with van der Waals surface area (Å²) in [4.78, 5) is 2.32. The van der Waals surface area contributed by atoms with Gasteiger partial charge in [0.1, 0.15) is 11.4 Å². The number of nitrogens with zero attached hydrogens (tertiary/aromatic N) is 4. The van der Waals surface area contributed by atoms with Gasteiger partial charge >= 0.3 is 0 Å². The number of aryl methyl sites for hydroxylation is 1. The van der Waals surface area contributed by atoms with Gasteiger partial charge in [-0.25, -0.2) is 0 Å². The van der Waals surface area contributed by atoms with Crippen molar-refractivity contribution in [2.75, 3.05) is 25.5 Å². The van der Waals surface area contributed by atoms with Crippen LogP contribution in [0.15, 0.2) is 36.4 Å². The van der Waals surface area contributed by atoms with E-state index in [2.05, 4.69) is 40.5 Å². The Morgan fingerprint density at radius 1 is 1.18 bits per heavy atom. The number of anilines is 1. The maximum atomic E-state index is 10.4. The van der Waals surface area contributed by atoms with E-state index in [1.165, 1.54) is 6.07 Å². The molecule has 2 aromatic carbocycles. The Morgan fingerprint density at radius 3 is 2.79 bits per heavy atom. The van der Waals surface area contributed by atoms with Gasteiger partial charge in [0.2, 0.25) is 0 Å². The van der Waals surface area contributed by atoms with Gasteiger partial charge in [-0.15, -0.1) is 10.2 Å². The molecule has 28 heavy (non-hydrogen) atoms. The summed E-state index contributed by atoms with van der Waals surface area (Å²) < 4.78 is 0. The Labute approximate surface area is 164 Å². The van der Waals surface area contributed by atoms with Gasteiger partial charge in [0.15, 0.2) is 5.82 Å². The van der Waals surface area contributed by atoms with E-state index in [9.17, 15) is 5.11 Å². The molecule has 4 rings (SSSR count). The molecule has 2 heterocycles. The van der Waals surface area contributed by atoms with Crippen LogP contribution in [0.4, 0.5) is 5.82 Å². The van der Waals surface area contributed by atoms with Gasteiger partial charge in [-0.3, -0.25) is 0 Å². The minimum absolute atomic E-state index is 0.0323. The second kappa shape index (κ2) is 7.45. The minimum atomic E-state index is 0.0323. The number of piperidine rings is 1. The van der Waals surface area contributed by atoms with Crippen LogP contribution in [0, 0.1) is 18.3 Å². The summed E-state index contributed by atoms with van der Waals surface area (Å²) in [5.74, 6) is 0.806. The SMILES string of the molecule is Cc1ccc2c(-c3ccc(C#N)cc3O)nnc(N[C@@H]3CCCN(C)C3)c2c1. The van der Waals surface area contributed by atoms with E-state index in [0.717, 1.165) is 48.1 Å². The largest absolute Gasteiger partial charge is 0.507 e. The molecule has 1 aromatic heterocycles. The van der Waals surface area contributed by atoms with E-state index in [0.29, 0.717) is 22.9 Å². The first kappa shape index (κ1) is 18.2. The van der Waals surface area contributed by atoms with E-state index < -0.39 is 0 Å². The van der Waals surface area contributed by atoms with Crippen LogP contribution in [-0.2, 0) is 0 Å². The Morgan fingerprint density at radius 2 is 2.04 bits per heavy atom. The second-order valence-electron chi connectivity index (χ2n) is 7.54. The van der Waals surface area contributed by atoms with Crippen LogP contribution < -0.4 is 5.32 Å². The van der Waals surface area contributed by atoms with E-state index in [1.807, 2.05) is 18.2 Å². The molecule has 0 saturated carbocycles. The smallest absolute Gasteiger partial charge is 0.156 e. The van der Waals surface area contributed by atoms with Gasteiger partial charge in [-0.05, 0) is 57.6 Å². The lowest BCUT2D eigenvalue weighted by Crippen LogP contribution is -2.40. The molecule has 1 aliphatic rings. The Balaban J connectivity index is 1.79. The summed E-state index contributed by atoms with van der Waals surface area (Å²) in [6.45, 7) is 4.16. The number of aromatic hydroxyl groups is 1. The quantitative estimate of drug-likeness (QED) is 0.728. The predicted molar refractivity (Wildman–Crippen MR) is 110 cm³/mol. The molecule has 142 valence electrons. The fourth-order valence-electron chi connectivity index (χ4n) is 3.85. The maximum absolute atomic E-state index is 10.4. The van der Waals surface area contributed by atoms with Crippen molar-refractivity contribution in [3.8, 4) is 23.1 Å². The molecule has 0 bridgehead atoms. The first-order valence-electron chi connectivity index (χ1n) is 9.51. The molecule has 3 aromatic rings. The van der Waals surface area contributed by atoms with Crippen molar-refractivity contribution in [3.63, 3.8) is 0 Å². The molecule has 0 amide bonds. The van der Waals surface area contributed by atoms with Crippen LogP contribution in [0.5, 0.6) is 5.75 Å². The normalized spacial score (nSPS) is 17.4. The molecule has 1 atom stereocenters. The third kappa shape index (κ3) is 3.49. The molecule has 0 aliphatic carbocycles. The number of fused-ring (bicyclic) bond motifs is 1. The monoisotopic (exact) mass is 373 g/mol. The van der Waals surface area contributed by atoms with Crippen molar-refractivity contribution in [1.29, 1.82) is 5.26 Å². The van der Waals surface area contributed by atoms with E-state index in [4.69, 9.17) is 5.26 Å². The summed E-state index contributed by atoms with van der Waals surface area (Å²) in [5.41, 5.74) is 2.74. The number of nitrogens with one attached hydrogen (secondary N) is 1. The zero-order chi connectivity index (χ0) is 19.7. The van der Waals surface area contributed by atoms with Gasteiger partial charge in [-0.2, -0.15) is 5.26 Å². The summed E-state index contributed by atoms with van der Waals surface area (Å²) in [6, 6.07) is 13.4. The van der Waals surface area contributed by atoms with E-state index >= 15 is 0 Å². The third-order valence-electron chi connectivity index (χ3n) is 5.28. The molecule has 1 saturated heterocycles. The van der Waals surface area contributed by atoms with Crippen LogP contribution in [0.2, 0.25) is 0 Å². The van der Waals surface area contributed by atoms with Crippen molar-refractivity contribution in [3.05, 3.63) is 47.5 Å². The highest BCUT2D eigenvalue weighted by Crippen LogP contribution is 2.35. The van der Waals surface area contributed by atoms with Gasteiger partial charge in [0, 0.05) is 28.9 Å². The molecule has 1 aliphatic heterocycles. The molecule has 6 nitrogen and oxygen atoms in total. The zero-order valence-corrected chi connectivity index (χ0v) is 16.1. The highest BCUT2D eigenvalue weighted by Gasteiger charge is 2.20. The molecular weight excluding hydrogens is 350 g/mol. The number of aromatic nitrogens is 2. The number of phenols is 1. The number of hydrogen-bond acceptors (Lipinski definition) is 6. The molecule has 1 fully saturated rings. The van der Waals surface area contributed by atoms with Crippen molar-refractivity contribution in [2.45, 2.75) is 25.8 Å². The number of nitriles is 1. The average Bonchev–Trinajstić information content (AvgIpc) is 2.68. The average molecular weight is 373 g/mol. The highest BCUT2D eigenvalue weighted by molar-refractivity contribution is 6.01. The second-order valence-corrected chi connectivity index (χ2v) is 7.54. The van der Waals surface area contributed by atoms with Gasteiger partial charge in [0.05, 0.1) is 11.6 Å². The molecule has 2 N–H and O–H groups in total. The highest BCUT2D eigenvalue weighted by atomic mass is 16.3. The topological polar surface area (TPSA) is 85.1 Å². The van der Waals surface area contributed by atoms with Crippen molar-refractivity contribution in [1.82, 2.24) is 15.1 Å². The van der Waals surface area contributed by atoms with Crippen LogP contribution in [-0.4, -0.2) is 46.4 Å². The van der Waals surface area contributed by atoms with Crippen LogP contribution in [0.25, 0.3) is 22.0 Å². The van der Waals surface area contributed by atoms with Gasteiger partial charge in [0.25, 0.3) is 0 Å².